The summed E-state index contributed by atoms with van der Waals surface area (Å²) in [5.41, 5.74) is 2.93. The number of halogens is 2. The molecule has 2 saturated heterocycles. The summed E-state index contributed by atoms with van der Waals surface area (Å²) in [7, 11) is 1.08. The Bertz CT molecular complexity index is 1850. The summed E-state index contributed by atoms with van der Waals surface area (Å²) in [4.78, 5) is 69.6. The summed E-state index contributed by atoms with van der Waals surface area (Å²) in [6, 6.07) is 18.2. The van der Waals surface area contributed by atoms with Gasteiger partial charge in [-0.05, 0) is 66.8 Å². The molecule has 46 heavy (non-hydrogen) atoms. The van der Waals surface area contributed by atoms with Gasteiger partial charge in [0.1, 0.15) is 11.6 Å². The number of amides is 5. The van der Waals surface area contributed by atoms with E-state index in [2.05, 4.69) is 5.43 Å². The second-order valence-corrected chi connectivity index (χ2v) is 12.4. The fourth-order valence-corrected chi connectivity index (χ4v) is 8.13. The molecule has 6 atom stereocenters. The predicted octanol–water partition coefficient (Wildman–Crippen LogP) is 4.94. The topological polar surface area (TPSA) is 133 Å². The first-order valence-electron chi connectivity index (χ1n) is 14.7. The van der Waals surface area contributed by atoms with Gasteiger partial charge in [-0.3, -0.25) is 24.6 Å². The number of allylic oxidation sites excluding steroid dienone is 2. The number of carbonyl (C=O) groups is 5. The number of phenolic OH excluding ortho intramolecular Hbond substituents is 1. The van der Waals surface area contributed by atoms with E-state index in [0.717, 1.165) is 12.1 Å². The van der Waals surface area contributed by atoms with Crippen molar-refractivity contribution in [3.8, 4) is 5.75 Å². The lowest BCUT2D eigenvalue weighted by Gasteiger charge is -2.50. The average molecular weight is 644 g/mol. The number of fused-ring (bicyclic) bond motifs is 4. The van der Waals surface area contributed by atoms with Crippen molar-refractivity contribution in [1.82, 2.24) is 9.91 Å². The number of nitrogens with zero attached hydrogens (tertiary/aromatic N) is 2. The number of carbonyl (C=O) groups excluding carboxylic acids is 5. The number of aromatic hydroxyl groups is 1. The molecule has 2 aliphatic heterocycles. The van der Waals surface area contributed by atoms with Gasteiger partial charge in [0.05, 0.1) is 36.0 Å². The normalized spacial score (nSPS) is 28.4. The van der Waals surface area contributed by atoms with E-state index in [1.165, 1.54) is 30.3 Å². The van der Waals surface area contributed by atoms with Crippen molar-refractivity contribution in [2.75, 3.05) is 12.5 Å². The van der Waals surface area contributed by atoms with Gasteiger partial charge in [0.25, 0.3) is 11.8 Å². The van der Waals surface area contributed by atoms with Gasteiger partial charge in [-0.15, -0.1) is 0 Å². The van der Waals surface area contributed by atoms with Crippen LogP contribution in [0.15, 0.2) is 84.4 Å². The van der Waals surface area contributed by atoms with Crippen LogP contribution in [0, 0.1) is 29.5 Å². The number of hydrogen-bond donors (Lipinski definition) is 2. The molecule has 234 valence electrons. The second-order valence-electron chi connectivity index (χ2n) is 11.9. The largest absolute Gasteiger partial charge is 0.508 e. The van der Waals surface area contributed by atoms with Gasteiger partial charge >= 0.3 is 6.09 Å². The molecule has 0 bridgehead atoms. The van der Waals surface area contributed by atoms with Crippen LogP contribution >= 0.6 is 11.6 Å². The summed E-state index contributed by atoms with van der Waals surface area (Å²) < 4.78 is 18.5. The molecule has 3 aromatic rings. The van der Waals surface area contributed by atoms with E-state index in [0.29, 0.717) is 26.6 Å². The molecule has 0 radical (unpaired) electrons. The number of hydrogen-bond acceptors (Lipinski definition) is 8. The monoisotopic (exact) mass is 643 g/mol. The Kier molecular flexibility index (Phi) is 6.97. The number of imide groups is 4. The van der Waals surface area contributed by atoms with E-state index >= 15 is 0 Å². The molecule has 10 nitrogen and oxygen atoms in total. The summed E-state index contributed by atoms with van der Waals surface area (Å²) >= 11 is 6.27. The van der Waals surface area contributed by atoms with E-state index in [-0.39, 0.29) is 24.3 Å². The highest BCUT2D eigenvalue weighted by molar-refractivity contribution is 6.30. The van der Waals surface area contributed by atoms with Crippen molar-refractivity contribution in [3.63, 3.8) is 0 Å². The molecule has 1 saturated carbocycles. The molecule has 2 heterocycles. The number of hydrazine groups is 1. The molecule has 4 aliphatic rings. The summed E-state index contributed by atoms with van der Waals surface area (Å²) in [6.07, 6.45) is 0.798. The summed E-state index contributed by atoms with van der Waals surface area (Å²) in [5.74, 6) is -7.91. The number of para-hydroxylation sites is 1. The molecule has 3 fully saturated rings. The quantitative estimate of drug-likeness (QED) is 0.302. The number of rotatable bonds is 4. The van der Waals surface area contributed by atoms with Crippen LogP contribution in [0.4, 0.5) is 14.9 Å². The third kappa shape index (κ3) is 4.11. The Morgan fingerprint density at radius 3 is 2.33 bits per heavy atom. The first-order chi connectivity index (χ1) is 22.1. The Hall–Kier alpha value is -5.03. The van der Waals surface area contributed by atoms with Gasteiger partial charge in [-0.2, -0.15) is 9.91 Å². The molecule has 0 spiro atoms. The lowest BCUT2D eigenvalue weighted by molar-refractivity contribution is -0.140. The van der Waals surface area contributed by atoms with Crippen molar-refractivity contribution in [2.45, 2.75) is 24.2 Å². The highest BCUT2D eigenvalue weighted by Gasteiger charge is 2.71. The van der Waals surface area contributed by atoms with Gasteiger partial charge in [0.15, 0.2) is 0 Å². The number of benzene rings is 3. The van der Waals surface area contributed by atoms with Crippen molar-refractivity contribution >= 4 is 47.0 Å². The second kappa shape index (κ2) is 10.8. The Labute approximate surface area is 267 Å². The number of likely N-dealkylation sites (tertiary alicyclic amines) is 1. The van der Waals surface area contributed by atoms with Crippen LogP contribution in [0.1, 0.15) is 29.9 Å². The number of methoxy groups -OCH3 is 1. The molecule has 2 aliphatic carbocycles. The lowest BCUT2D eigenvalue weighted by atomic mass is 9.49. The van der Waals surface area contributed by atoms with Gasteiger partial charge < -0.3 is 9.84 Å². The minimum Gasteiger partial charge on any atom is -0.508 e. The third-order valence-electron chi connectivity index (χ3n) is 9.86. The van der Waals surface area contributed by atoms with Gasteiger partial charge in [0, 0.05) is 16.5 Å². The fourth-order valence-electron chi connectivity index (χ4n) is 8.00. The minimum absolute atomic E-state index is 0.0140. The van der Waals surface area contributed by atoms with E-state index in [4.69, 9.17) is 16.3 Å². The van der Waals surface area contributed by atoms with Crippen LogP contribution in [0.25, 0.3) is 0 Å². The van der Waals surface area contributed by atoms with Crippen molar-refractivity contribution in [3.05, 3.63) is 106 Å². The molecular formula is C34H27ClFN3O7. The Morgan fingerprint density at radius 1 is 0.957 bits per heavy atom. The van der Waals surface area contributed by atoms with Gasteiger partial charge in [0.2, 0.25) is 11.8 Å². The van der Waals surface area contributed by atoms with Crippen LogP contribution in [0.2, 0.25) is 5.02 Å². The fraction of sp³-hybridized carbons (Fsp3) is 0.265. The number of anilines is 1. The Morgan fingerprint density at radius 2 is 1.65 bits per heavy atom. The van der Waals surface area contributed by atoms with Crippen LogP contribution in [0.5, 0.6) is 5.75 Å². The molecule has 6 unspecified atom stereocenters. The molecule has 3 aromatic carbocycles. The van der Waals surface area contributed by atoms with E-state index < -0.39 is 70.5 Å². The molecule has 12 heteroatoms. The number of phenols is 1. The predicted molar refractivity (Wildman–Crippen MR) is 161 cm³/mol. The van der Waals surface area contributed by atoms with Crippen LogP contribution in [0.3, 0.4) is 0 Å². The van der Waals surface area contributed by atoms with E-state index in [1.54, 1.807) is 48.5 Å². The SMILES string of the molecule is COC(=O)N1C(=O)C2CC=C3C(CC4C(=O)N(Nc5ccc(F)cc5)C(=O)C4(c4ccc(Cl)cc4)C3c3ccccc3O)C2C1=O. The molecule has 5 amide bonds. The zero-order valence-corrected chi connectivity index (χ0v) is 25.1. The third-order valence-corrected chi connectivity index (χ3v) is 10.1. The highest BCUT2D eigenvalue weighted by atomic mass is 35.5. The van der Waals surface area contributed by atoms with E-state index in [1.807, 2.05) is 0 Å². The standard InChI is InChI=1S/C34H27ClFN3O7/c1-46-33(45)38-29(41)23-15-14-21-24(27(23)31(38)43)16-25-30(42)39(37-20-12-10-19(36)11-13-20)32(44)34(25,17-6-8-18(35)9-7-17)28(21)22-4-2-3-5-26(22)40/h2-14,23-25,27-28,37,40H,15-16H2,1H3. The van der Waals surface area contributed by atoms with Gasteiger partial charge in [-0.25, -0.2) is 9.18 Å². The van der Waals surface area contributed by atoms with Crippen molar-refractivity contribution in [1.29, 1.82) is 0 Å². The summed E-state index contributed by atoms with van der Waals surface area (Å²) in [6.45, 7) is 0. The zero-order valence-electron chi connectivity index (χ0n) is 24.4. The average Bonchev–Trinajstić information content (AvgIpc) is 3.43. The first-order valence-corrected chi connectivity index (χ1v) is 15.1. The maximum absolute atomic E-state index is 15.0. The maximum atomic E-state index is 15.0. The summed E-state index contributed by atoms with van der Waals surface area (Å²) in [5, 5.41) is 12.6. The molecular weight excluding hydrogens is 617 g/mol. The molecule has 2 N–H and O–H groups in total. The van der Waals surface area contributed by atoms with Crippen molar-refractivity contribution < 1.29 is 38.2 Å². The molecule has 0 aromatic heterocycles. The van der Waals surface area contributed by atoms with Crippen LogP contribution < -0.4 is 5.43 Å². The zero-order chi connectivity index (χ0) is 32.5. The minimum atomic E-state index is -1.63. The first kappa shape index (κ1) is 29.7. The Balaban J connectivity index is 1.45. The van der Waals surface area contributed by atoms with Crippen LogP contribution in [-0.4, -0.2) is 51.8 Å². The van der Waals surface area contributed by atoms with E-state index in [9.17, 15) is 33.5 Å². The van der Waals surface area contributed by atoms with Gasteiger partial charge in [-0.1, -0.05) is 53.6 Å². The lowest BCUT2D eigenvalue weighted by Crippen LogP contribution is -2.53. The van der Waals surface area contributed by atoms with Crippen LogP contribution in [-0.2, 0) is 29.3 Å². The number of nitrogens with one attached hydrogen (secondary N) is 1. The molecule has 7 rings (SSSR count). The smallest absolute Gasteiger partial charge is 0.423 e. The van der Waals surface area contributed by atoms with Crippen molar-refractivity contribution in [2.24, 2.45) is 23.7 Å². The highest BCUT2D eigenvalue weighted by Crippen LogP contribution is 2.64. The maximum Gasteiger partial charge on any atom is 0.423 e. The number of ether oxygens (including phenoxy) is 1.